The van der Waals surface area contributed by atoms with Gasteiger partial charge < -0.3 is 20.0 Å². The molecule has 7 heteroatoms. The molecule has 6 rings (SSSR count). The quantitative estimate of drug-likeness (QED) is 0.338. The maximum absolute atomic E-state index is 13.6. The SMILES string of the molecule is O=C(Nc1c[nH]c2cc(F)c(F)cc12)C1Cc2cc(-c3ccc4ccoc4c3)ccc2N1. The first-order chi connectivity index (χ1) is 15.5. The molecule has 5 nitrogen and oxygen atoms in total. The molecule has 5 aromatic rings. The Labute approximate surface area is 181 Å². The van der Waals surface area contributed by atoms with E-state index in [2.05, 4.69) is 21.7 Å². The molecule has 1 aliphatic heterocycles. The Morgan fingerprint density at radius 1 is 1.00 bits per heavy atom. The van der Waals surface area contributed by atoms with E-state index in [9.17, 15) is 13.6 Å². The van der Waals surface area contributed by atoms with Gasteiger partial charge in [-0.05, 0) is 47.0 Å². The van der Waals surface area contributed by atoms with Gasteiger partial charge >= 0.3 is 0 Å². The maximum Gasteiger partial charge on any atom is 0.247 e. The van der Waals surface area contributed by atoms with Crippen LogP contribution in [-0.4, -0.2) is 16.9 Å². The summed E-state index contributed by atoms with van der Waals surface area (Å²) in [6, 6.07) is 15.7. The third kappa shape index (κ3) is 3.01. The van der Waals surface area contributed by atoms with Crippen molar-refractivity contribution in [2.24, 2.45) is 0 Å². The fourth-order valence-electron chi connectivity index (χ4n) is 4.27. The molecule has 0 bridgehead atoms. The van der Waals surface area contributed by atoms with E-state index in [1.54, 1.807) is 6.26 Å². The summed E-state index contributed by atoms with van der Waals surface area (Å²) in [5.74, 6) is -2.14. The number of anilines is 2. The fraction of sp³-hybridized carbons (Fsp3) is 0.0800. The van der Waals surface area contributed by atoms with Crippen molar-refractivity contribution >= 4 is 39.2 Å². The summed E-state index contributed by atoms with van der Waals surface area (Å²) < 4.78 is 32.6. The van der Waals surface area contributed by atoms with Crippen molar-refractivity contribution in [2.45, 2.75) is 12.5 Å². The summed E-state index contributed by atoms with van der Waals surface area (Å²) in [5.41, 5.74) is 5.67. The van der Waals surface area contributed by atoms with E-state index < -0.39 is 17.7 Å². The van der Waals surface area contributed by atoms with Crippen LogP contribution in [0.5, 0.6) is 0 Å². The van der Waals surface area contributed by atoms with E-state index in [0.29, 0.717) is 23.0 Å². The Kier molecular flexibility index (Phi) is 4.04. The fourth-order valence-corrected chi connectivity index (χ4v) is 4.27. The number of halogens is 2. The molecule has 1 amide bonds. The molecule has 0 aliphatic carbocycles. The Morgan fingerprint density at radius 2 is 1.81 bits per heavy atom. The van der Waals surface area contributed by atoms with E-state index in [4.69, 9.17) is 4.42 Å². The van der Waals surface area contributed by atoms with Crippen molar-refractivity contribution in [2.75, 3.05) is 10.6 Å². The summed E-state index contributed by atoms with van der Waals surface area (Å²) in [5, 5.41) is 7.53. The second-order valence-electron chi connectivity index (χ2n) is 7.95. The summed E-state index contributed by atoms with van der Waals surface area (Å²) in [6.45, 7) is 0. The molecule has 158 valence electrons. The van der Waals surface area contributed by atoms with Gasteiger partial charge in [0.05, 0.1) is 17.5 Å². The van der Waals surface area contributed by atoms with Crippen molar-refractivity contribution in [1.82, 2.24) is 4.98 Å². The van der Waals surface area contributed by atoms with Crippen molar-refractivity contribution in [3.8, 4) is 11.1 Å². The number of rotatable bonds is 3. The van der Waals surface area contributed by atoms with Crippen molar-refractivity contribution in [3.63, 3.8) is 0 Å². The molecule has 1 aliphatic rings. The normalized spacial score (nSPS) is 15.1. The number of carbonyl (C=O) groups is 1. The molecule has 0 radical (unpaired) electrons. The summed E-state index contributed by atoms with van der Waals surface area (Å²) in [7, 11) is 0. The number of hydrogen-bond acceptors (Lipinski definition) is 3. The van der Waals surface area contributed by atoms with Crippen molar-refractivity contribution in [3.05, 3.63) is 84.3 Å². The van der Waals surface area contributed by atoms with Gasteiger partial charge in [0.2, 0.25) is 5.91 Å². The number of nitrogens with one attached hydrogen (secondary N) is 3. The Balaban J connectivity index is 1.23. The third-order valence-corrected chi connectivity index (χ3v) is 5.95. The minimum absolute atomic E-state index is 0.245. The van der Waals surface area contributed by atoms with E-state index >= 15 is 0 Å². The van der Waals surface area contributed by atoms with Crippen LogP contribution in [0.15, 0.2) is 71.5 Å². The number of amides is 1. The van der Waals surface area contributed by atoms with Gasteiger partial charge in [0.25, 0.3) is 0 Å². The predicted molar refractivity (Wildman–Crippen MR) is 120 cm³/mol. The zero-order valence-corrected chi connectivity index (χ0v) is 16.7. The van der Waals surface area contributed by atoms with E-state index in [1.807, 2.05) is 36.4 Å². The lowest BCUT2D eigenvalue weighted by Gasteiger charge is -2.11. The molecule has 3 aromatic carbocycles. The van der Waals surface area contributed by atoms with Gasteiger partial charge in [0.15, 0.2) is 11.6 Å². The van der Waals surface area contributed by atoms with Gasteiger partial charge in [-0.2, -0.15) is 0 Å². The second-order valence-corrected chi connectivity index (χ2v) is 7.95. The van der Waals surface area contributed by atoms with Crippen LogP contribution in [-0.2, 0) is 11.2 Å². The highest BCUT2D eigenvalue weighted by molar-refractivity contribution is 6.05. The van der Waals surface area contributed by atoms with Crippen LogP contribution in [0.25, 0.3) is 33.0 Å². The largest absolute Gasteiger partial charge is 0.464 e. The summed E-state index contributed by atoms with van der Waals surface area (Å²) >= 11 is 0. The summed E-state index contributed by atoms with van der Waals surface area (Å²) in [4.78, 5) is 15.7. The smallest absolute Gasteiger partial charge is 0.247 e. The van der Waals surface area contributed by atoms with Crippen LogP contribution < -0.4 is 10.6 Å². The van der Waals surface area contributed by atoms with E-state index in [-0.39, 0.29) is 5.91 Å². The first kappa shape index (κ1) is 18.6. The van der Waals surface area contributed by atoms with Gasteiger partial charge in [-0.25, -0.2) is 8.78 Å². The standard InChI is InChI=1S/C25H17F2N3O2/c26-18-10-17-21(11-19(18)27)28-12-23(17)30-25(31)22-8-16-7-14(3-4-20(16)29-22)15-2-1-13-5-6-32-24(13)9-15/h1-7,9-12,22,28-29H,8H2,(H,30,31). The molecule has 0 saturated heterocycles. The number of fused-ring (bicyclic) bond motifs is 3. The average Bonchev–Trinajstić information content (AvgIpc) is 3.52. The maximum atomic E-state index is 13.6. The lowest BCUT2D eigenvalue weighted by molar-refractivity contribution is -0.116. The molecule has 0 saturated carbocycles. The third-order valence-electron chi connectivity index (χ3n) is 5.95. The molecular formula is C25H17F2N3O2. The highest BCUT2D eigenvalue weighted by atomic mass is 19.2. The molecule has 1 unspecified atom stereocenters. The number of H-pyrrole nitrogens is 1. The number of aromatic amines is 1. The molecular weight excluding hydrogens is 412 g/mol. The van der Waals surface area contributed by atoms with Gasteiger partial charge in [-0.3, -0.25) is 4.79 Å². The van der Waals surface area contributed by atoms with E-state index in [0.717, 1.165) is 45.5 Å². The number of furan rings is 1. The highest BCUT2D eigenvalue weighted by Crippen LogP contribution is 2.33. The Bertz CT molecular complexity index is 1520. The molecule has 32 heavy (non-hydrogen) atoms. The molecule has 1 atom stereocenters. The van der Waals surface area contributed by atoms with Crippen LogP contribution in [0.2, 0.25) is 0 Å². The van der Waals surface area contributed by atoms with Gasteiger partial charge in [-0.15, -0.1) is 0 Å². The lowest BCUT2D eigenvalue weighted by atomic mass is 10.00. The second kappa shape index (κ2) is 6.95. The number of benzene rings is 3. The average molecular weight is 429 g/mol. The van der Waals surface area contributed by atoms with Crippen LogP contribution >= 0.6 is 0 Å². The first-order valence-corrected chi connectivity index (χ1v) is 10.2. The van der Waals surface area contributed by atoms with Crippen molar-refractivity contribution in [1.29, 1.82) is 0 Å². The highest BCUT2D eigenvalue weighted by Gasteiger charge is 2.27. The van der Waals surface area contributed by atoms with Crippen LogP contribution in [0, 0.1) is 11.6 Å². The molecule has 2 aromatic heterocycles. The number of carbonyl (C=O) groups excluding carboxylic acids is 1. The minimum atomic E-state index is -0.959. The zero-order chi connectivity index (χ0) is 21.8. The summed E-state index contributed by atoms with van der Waals surface area (Å²) in [6.07, 6.45) is 3.72. The van der Waals surface area contributed by atoms with Crippen LogP contribution in [0.1, 0.15) is 5.56 Å². The zero-order valence-electron chi connectivity index (χ0n) is 16.7. The molecule has 0 spiro atoms. The van der Waals surface area contributed by atoms with Gasteiger partial charge in [-0.1, -0.05) is 18.2 Å². The first-order valence-electron chi connectivity index (χ1n) is 10.2. The minimum Gasteiger partial charge on any atom is -0.464 e. The van der Waals surface area contributed by atoms with Gasteiger partial charge in [0, 0.05) is 35.1 Å². The number of hydrogen-bond donors (Lipinski definition) is 3. The monoisotopic (exact) mass is 429 g/mol. The van der Waals surface area contributed by atoms with E-state index in [1.165, 1.54) is 6.20 Å². The van der Waals surface area contributed by atoms with Crippen LogP contribution in [0.4, 0.5) is 20.2 Å². The number of aromatic nitrogens is 1. The predicted octanol–water partition coefficient (Wildman–Crippen LogP) is 5.83. The van der Waals surface area contributed by atoms with Gasteiger partial charge in [0.1, 0.15) is 11.6 Å². The molecule has 0 fully saturated rings. The topological polar surface area (TPSA) is 70.1 Å². The molecule has 3 heterocycles. The van der Waals surface area contributed by atoms with Crippen molar-refractivity contribution < 1.29 is 18.0 Å². The Morgan fingerprint density at radius 3 is 2.72 bits per heavy atom. The Hall–Kier alpha value is -4.13. The molecule has 3 N–H and O–H groups in total. The lowest BCUT2D eigenvalue weighted by Crippen LogP contribution is -2.32. The van der Waals surface area contributed by atoms with Crippen LogP contribution in [0.3, 0.4) is 0 Å².